The molecular formula is C22H22N4O. The summed E-state index contributed by atoms with van der Waals surface area (Å²) in [5.74, 6) is 7.58. The average molecular weight is 358 g/mol. The number of nitrogens with zero attached hydrogens (tertiary/aromatic N) is 2. The Morgan fingerprint density at radius 3 is 2.44 bits per heavy atom. The summed E-state index contributed by atoms with van der Waals surface area (Å²) in [6.07, 6.45) is 0. The molecule has 0 aliphatic carbocycles. The predicted octanol–water partition coefficient (Wildman–Crippen LogP) is 3.78. The first kappa shape index (κ1) is 18.3. The molecule has 5 heteroatoms. The van der Waals surface area contributed by atoms with Gasteiger partial charge >= 0.3 is 0 Å². The highest BCUT2D eigenvalue weighted by molar-refractivity contribution is 5.71. The summed E-state index contributed by atoms with van der Waals surface area (Å²) >= 11 is 0. The quantitative estimate of drug-likeness (QED) is 0.696. The van der Waals surface area contributed by atoms with Gasteiger partial charge in [-0.25, -0.2) is 4.98 Å². The molecule has 0 aliphatic heterocycles. The van der Waals surface area contributed by atoms with Gasteiger partial charge in [0.1, 0.15) is 11.6 Å². The monoisotopic (exact) mass is 358 g/mol. The second-order valence-corrected chi connectivity index (χ2v) is 6.24. The number of rotatable bonds is 3. The number of ether oxygens (including phenoxy) is 1. The van der Waals surface area contributed by atoms with Gasteiger partial charge < -0.3 is 16.2 Å². The first-order valence-electron chi connectivity index (χ1n) is 8.64. The van der Waals surface area contributed by atoms with E-state index in [9.17, 15) is 0 Å². The summed E-state index contributed by atoms with van der Waals surface area (Å²) in [7, 11) is 1.68. The Balaban J connectivity index is 1.92. The first-order valence-corrected chi connectivity index (χ1v) is 8.64. The van der Waals surface area contributed by atoms with Crippen LogP contribution in [0.3, 0.4) is 0 Å². The van der Waals surface area contributed by atoms with Crippen molar-refractivity contribution in [3.63, 3.8) is 0 Å². The molecule has 0 aliphatic rings. The molecular weight excluding hydrogens is 336 g/mol. The minimum absolute atomic E-state index is 0.0138. The van der Waals surface area contributed by atoms with Gasteiger partial charge in [0.15, 0.2) is 0 Å². The highest BCUT2D eigenvalue weighted by atomic mass is 16.5. The van der Waals surface area contributed by atoms with Crippen LogP contribution >= 0.6 is 0 Å². The summed E-state index contributed by atoms with van der Waals surface area (Å²) in [6.45, 7) is 3.86. The van der Waals surface area contributed by atoms with Gasteiger partial charge in [0.2, 0.25) is 5.95 Å². The Hall–Kier alpha value is -3.52. The minimum atomic E-state index is -0.0138. The maximum Gasteiger partial charge on any atom is 0.222 e. The summed E-state index contributed by atoms with van der Waals surface area (Å²) in [5, 5.41) is 0. The maximum absolute atomic E-state index is 5.92. The van der Waals surface area contributed by atoms with Crippen molar-refractivity contribution in [2.24, 2.45) is 0 Å². The lowest BCUT2D eigenvalue weighted by Gasteiger charge is -2.12. The van der Waals surface area contributed by atoms with Crippen LogP contribution < -0.4 is 16.2 Å². The number of aryl methyl sites for hydroxylation is 1. The largest absolute Gasteiger partial charge is 0.496 e. The first-order chi connectivity index (χ1) is 13.0. The second-order valence-electron chi connectivity index (χ2n) is 6.24. The van der Waals surface area contributed by atoms with E-state index >= 15 is 0 Å². The molecule has 5 nitrogen and oxygen atoms in total. The van der Waals surface area contributed by atoms with Crippen molar-refractivity contribution in [2.45, 2.75) is 19.8 Å². The van der Waals surface area contributed by atoms with Gasteiger partial charge in [-0.2, -0.15) is 4.98 Å². The summed E-state index contributed by atoms with van der Waals surface area (Å²) < 4.78 is 5.60. The van der Waals surface area contributed by atoms with Crippen LogP contribution in [0.4, 0.5) is 11.8 Å². The lowest BCUT2D eigenvalue weighted by atomic mass is 9.96. The van der Waals surface area contributed by atoms with Crippen LogP contribution in [-0.2, 0) is 0 Å². The molecule has 3 aromatic rings. The average Bonchev–Trinajstić information content (AvgIpc) is 2.67. The van der Waals surface area contributed by atoms with Crippen LogP contribution in [-0.4, -0.2) is 17.1 Å². The third-order valence-electron chi connectivity index (χ3n) is 4.36. The molecule has 0 radical (unpaired) electrons. The fourth-order valence-electron chi connectivity index (χ4n) is 2.87. The van der Waals surface area contributed by atoms with Gasteiger partial charge in [0, 0.05) is 11.5 Å². The Kier molecular flexibility index (Phi) is 5.28. The fraction of sp³-hybridized carbons (Fsp3) is 0.182. The van der Waals surface area contributed by atoms with Crippen molar-refractivity contribution in [1.82, 2.24) is 9.97 Å². The lowest BCUT2D eigenvalue weighted by molar-refractivity contribution is 0.416. The molecule has 1 atom stereocenters. The highest BCUT2D eigenvalue weighted by Crippen LogP contribution is 2.32. The molecule has 136 valence electrons. The predicted molar refractivity (Wildman–Crippen MR) is 109 cm³/mol. The number of nitrogen functional groups attached to an aromatic ring is 2. The van der Waals surface area contributed by atoms with Crippen molar-refractivity contribution in [1.29, 1.82) is 0 Å². The van der Waals surface area contributed by atoms with Gasteiger partial charge in [0.05, 0.1) is 18.4 Å². The van der Waals surface area contributed by atoms with Gasteiger partial charge in [-0.1, -0.05) is 54.3 Å². The standard InChI is InChI=1S/C22H22N4O/c1-14(9-11-18-15(2)25-22(24)26-21(18)23)17-10-12-19(20(13-17)27-3)16-7-5-4-6-8-16/h4-8,10,12-14H,1-3H3,(H4,23,24,25,26)/t14-/m0/s1. The van der Waals surface area contributed by atoms with E-state index in [1.54, 1.807) is 7.11 Å². The van der Waals surface area contributed by atoms with E-state index in [1.807, 2.05) is 38.1 Å². The molecule has 0 unspecified atom stereocenters. The summed E-state index contributed by atoms with van der Waals surface area (Å²) in [6, 6.07) is 16.3. The van der Waals surface area contributed by atoms with Crippen LogP contribution in [0.2, 0.25) is 0 Å². The molecule has 0 fully saturated rings. The van der Waals surface area contributed by atoms with Crippen molar-refractivity contribution >= 4 is 11.8 Å². The summed E-state index contributed by atoms with van der Waals surface area (Å²) in [5.41, 5.74) is 16.0. The molecule has 0 bridgehead atoms. The molecule has 0 spiro atoms. The fourth-order valence-corrected chi connectivity index (χ4v) is 2.87. The Labute approximate surface area is 159 Å². The van der Waals surface area contributed by atoms with Gasteiger partial charge in [-0.15, -0.1) is 0 Å². The van der Waals surface area contributed by atoms with E-state index in [-0.39, 0.29) is 11.9 Å². The van der Waals surface area contributed by atoms with Gasteiger partial charge in [-0.05, 0) is 31.0 Å². The highest BCUT2D eigenvalue weighted by Gasteiger charge is 2.10. The lowest BCUT2D eigenvalue weighted by Crippen LogP contribution is -2.05. The van der Waals surface area contributed by atoms with Crippen LogP contribution in [0.15, 0.2) is 48.5 Å². The smallest absolute Gasteiger partial charge is 0.222 e. The van der Waals surface area contributed by atoms with Gasteiger partial charge in [-0.3, -0.25) is 0 Å². The molecule has 0 saturated carbocycles. The Morgan fingerprint density at radius 1 is 1.04 bits per heavy atom. The van der Waals surface area contributed by atoms with E-state index in [1.165, 1.54) is 0 Å². The zero-order valence-electron chi connectivity index (χ0n) is 15.7. The number of methoxy groups -OCH3 is 1. The molecule has 27 heavy (non-hydrogen) atoms. The van der Waals surface area contributed by atoms with Gasteiger partial charge in [0.25, 0.3) is 0 Å². The van der Waals surface area contributed by atoms with Crippen LogP contribution in [0.25, 0.3) is 11.1 Å². The molecule has 1 heterocycles. The van der Waals surface area contributed by atoms with Crippen LogP contribution in [0.5, 0.6) is 5.75 Å². The number of benzene rings is 2. The third kappa shape index (κ3) is 4.01. The number of anilines is 2. The van der Waals surface area contributed by atoms with E-state index in [2.05, 4.69) is 46.1 Å². The molecule has 0 amide bonds. The normalized spacial score (nSPS) is 11.4. The van der Waals surface area contributed by atoms with Crippen molar-refractivity contribution in [3.05, 3.63) is 65.4 Å². The van der Waals surface area contributed by atoms with E-state index < -0.39 is 0 Å². The van der Waals surface area contributed by atoms with E-state index in [0.29, 0.717) is 17.1 Å². The minimum Gasteiger partial charge on any atom is -0.496 e. The van der Waals surface area contributed by atoms with Crippen LogP contribution in [0.1, 0.15) is 29.7 Å². The van der Waals surface area contributed by atoms with E-state index in [4.69, 9.17) is 16.2 Å². The number of hydrogen-bond acceptors (Lipinski definition) is 5. The second kappa shape index (κ2) is 7.79. The Bertz CT molecular complexity index is 996. The Morgan fingerprint density at radius 2 is 1.78 bits per heavy atom. The molecule has 2 aromatic carbocycles. The number of hydrogen-bond donors (Lipinski definition) is 2. The SMILES string of the molecule is COc1cc([C@@H](C)C#Cc2c(C)nc(N)nc2N)ccc1-c1ccccc1. The topological polar surface area (TPSA) is 87.0 Å². The zero-order valence-corrected chi connectivity index (χ0v) is 15.7. The zero-order chi connectivity index (χ0) is 19.4. The molecule has 1 aromatic heterocycles. The number of nitrogens with two attached hydrogens (primary N) is 2. The number of aromatic nitrogens is 2. The van der Waals surface area contributed by atoms with Crippen molar-refractivity contribution < 1.29 is 4.74 Å². The molecule has 0 saturated heterocycles. The van der Waals surface area contributed by atoms with Crippen LogP contribution in [0, 0.1) is 18.8 Å². The molecule has 3 rings (SSSR count). The third-order valence-corrected chi connectivity index (χ3v) is 4.36. The maximum atomic E-state index is 5.92. The van der Waals surface area contributed by atoms with E-state index in [0.717, 1.165) is 22.4 Å². The molecule has 4 N–H and O–H groups in total. The summed E-state index contributed by atoms with van der Waals surface area (Å²) in [4.78, 5) is 8.10. The van der Waals surface area contributed by atoms with Crippen molar-refractivity contribution in [2.75, 3.05) is 18.6 Å². The van der Waals surface area contributed by atoms with Crippen molar-refractivity contribution in [3.8, 4) is 28.7 Å².